The molecule has 2 aromatic carbocycles. The number of rotatable bonds is 10. The van der Waals surface area contributed by atoms with Crippen molar-refractivity contribution in [1.29, 1.82) is 5.26 Å². The van der Waals surface area contributed by atoms with Crippen molar-refractivity contribution in [3.63, 3.8) is 0 Å². The second-order valence-electron chi connectivity index (χ2n) is 7.54. The van der Waals surface area contributed by atoms with Gasteiger partial charge in [-0.3, -0.25) is 14.1 Å². The third kappa shape index (κ3) is 5.88. The van der Waals surface area contributed by atoms with Gasteiger partial charge in [0.1, 0.15) is 17.4 Å². The van der Waals surface area contributed by atoms with E-state index in [1.165, 1.54) is 36.1 Å². The molecule has 0 spiro atoms. The molecule has 0 aliphatic heterocycles. The summed E-state index contributed by atoms with van der Waals surface area (Å²) in [7, 11) is -2.65. The van der Waals surface area contributed by atoms with Crippen LogP contribution in [0.2, 0.25) is 0 Å². The van der Waals surface area contributed by atoms with Gasteiger partial charge in [0.05, 0.1) is 22.9 Å². The number of benzene rings is 2. The molecule has 0 fully saturated rings. The molecule has 1 aromatic heterocycles. The smallest absolute Gasteiger partial charge is 0.404 e. The van der Waals surface area contributed by atoms with E-state index in [-0.39, 0.29) is 42.0 Å². The Morgan fingerprint density at radius 1 is 1.33 bits per heavy atom. The van der Waals surface area contributed by atoms with Crippen LogP contribution in [0.3, 0.4) is 0 Å². The Bertz CT molecular complexity index is 1500. The molecule has 0 saturated heterocycles. The highest BCUT2D eigenvalue weighted by Crippen LogP contribution is 2.34. The lowest BCUT2D eigenvalue weighted by Crippen LogP contribution is -2.32. The van der Waals surface area contributed by atoms with E-state index in [1.807, 2.05) is 0 Å². The van der Waals surface area contributed by atoms with E-state index in [2.05, 4.69) is 15.0 Å². The predicted molar refractivity (Wildman–Crippen MR) is 129 cm³/mol. The summed E-state index contributed by atoms with van der Waals surface area (Å²) < 4.78 is 49.6. The first-order valence-corrected chi connectivity index (χ1v) is 12.1. The van der Waals surface area contributed by atoms with Crippen LogP contribution in [0.15, 0.2) is 41.5 Å². The highest BCUT2D eigenvalue weighted by atomic mass is 32.2. The molecule has 0 aliphatic rings. The van der Waals surface area contributed by atoms with E-state index >= 15 is 0 Å². The van der Waals surface area contributed by atoms with Crippen LogP contribution in [0.4, 0.5) is 14.9 Å². The highest BCUT2D eigenvalue weighted by molar-refractivity contribution is 7.90. The average Bonchev–Trinajstić information content (AvgIpc) is 2.84. The second-order valence-corrected chi connectivity index (χ2v) is 9.32. The molecule has 0 radical (unpaired) electrons. The van der Waals surface area contributed by atoms with Gasteiger partial charge in [0.15, 0.2) is 11.6 Å². The Balaban J connectivity index is 1.94. The van der Waals surface area contributed by atoms with Gasteiger partial charge in [-0.15, -0.1) is 0 Å². The van der Waals surface area contributed by atoms with Gasteiger partial charge in [-0.25, -0.2) is 14.2 Å². The van der Waals surface area contributed by atoms with Crippen LogP contribution in [-0.2, 0) is 16.8 Å². The zero-order valence-electron chi connectivity index (χ0n) is 19.4. The standard InChI is InChI=1S/C22H23FN6O6S/c1-3-28(2)36(33,34)27-19-8-6-17(23)20(16(19)12-24)35-14-5-7-18-15(11-14)21(30)29(13-26-18)10-4-9-25-22(31)32/h5-8,11,13,25,27H,3-4,9-10H2,1-2H3,(H,31,32). The molecule has 12 nitrogen and oxygen atoms in total. The second kappa shape index (κ2) is 11.0. The summed E-state index contributed by atoms with van der Waals surface area (Å²) in [6.07, 6.45) is 0.517. The number of aryl methyl sites for hydroxylation is 1. The van der Waals surface area contributed by atoms with Crippen LogP contribution in [0.25, 0.3) is 10.9 Å². The van der Waals surface area contributed by atoms with Crippen LogP contribution in [0.5, 0.6) is 11.5 Å². The molecular formula is C22H23FN6O6S. The predicted octanol–water partition coefficient (Wildman–Crippen LogP) is 2.47. The number of hydrogen-bond acceptors (Lipinski definition) is 7. The first kappa shape index (κ1) is 26.4. The number of aromatic nitrogens is 2. The Kier molecular flexibility index (Phi) is 8.07. The van der Waals surface area contributed by atoms with Crippen molar-refractivity contribution < 1.29 is 27.4 Å². The van der Waals surface area contributed by atoms with E-state index in [0.717, 1.165) is 16.4 Å². The van der Waals surface area contributed by atoms with Crippen molar-refractivity contribution in [3.8, 4) is 17.6 Å². The van der Waals surface area contributed by atoms with E-state index < -0.39 is 33.4 Å². The molecule has 0 atom stereocenters. The number of hydrogen-bond donors (Lipinski definition) is 3. The first-order chi connectivity index (χ1) is 17.1. The van der Waals surface area contributed by atoms with Gasteiger partial charge in [0, 0.05) is 26.7 Å². The summed E-state index contributed by atoms with van der Waals surface area (Å²) in [4.78, 5) is 27.6. The number of carboxylic acid groups (broad SMARTS) is 1. The van der Waals surface area contributed by atoms with Gasteiger partial charge >= 0.3 is 16.3 Å². The largest absolute Gasteiger partial charge is 0.465 e. The Labute approximate surface area is 205 Å². The van der Waals surface area contributed by atoms with Gasteiger partial charge in [-0.2, -0.15) is 18.0 Å². The number of nitrogens with one attached hydrogen (secondary N) is 2. The molecule has 1 amide bonds. The molecule has 0 aliphatic carbocycles. The topological polar surface area (TPSA) is 167 Å². The van der Waals surface area contributed by atoms with E-state index in [4.69, 9.17) is 9.84 Å². The lowest BCUT2D eigenvalue weighted by atomic mass is 10.1. The molecule has 3 rings (SSSR count). The monoisotopic (exact) mass is 518 g/mol. The summed E-state index contributed by atoms with van der Waals surface area (Å²) in [5.74, 6) is -1.40. The van der Waals surface area contributed by atoms with Crippen molar-refractivity contribution in [1.82, 2.24) is 19.2 Å². The maximum Gasteiger partial charge on any atom is 0.404 e. The highest BCUT2D eigenvalue weighted by Gasteiger charge is 2.22. The van der Waals surface area contributed by atoms with Gasteiger partial charge in [-0.1, -0.05) is 6.92 Å². The number of carbonyl (C=O) groups is 1. The molecule has 1 heterocycles. The molecule has 14 heteroatoms. The summed E-state index contributed by atoms with van der Waals surface area (Å²) in [5, 5.41) is 20.6. The fourth-order valence-electron chi connectivity index (χ4n) is 3.16. The lowest BCUT2D eigenvalue weighted by molar-refractivity contribution is 0.194. The molecule has 190 valence electrons. The SMILES string of the molecule is CCN(C)S(=O)(=O)Nc1ccc(F)c(Oc2ccc3ncn(CCCNC(=O)O)c(=O)c3c2)c1C#N. The fraction of sp³-hybridized carbons (Fsp3) is 0.273. The molecule has 0 bridgehead atoms. The van der Waals surface area contributed by atoms with E-state index in [1.54, 1.807) is 13.0 Å². The number of fused-ring (bicyclic) bond motifs is 1. The van der Waals surface area contributed by atoms with Crippen molar-refractivity contribution in [2.45, 2.75) is 19.9 Å². The van der Waals surface area contributed by atoms with Gasteiger partial charge in [0.2, 0.25) is 0 Å². The number of nitriles is 1. The van der Waals surface area contributed by atoms with Crippen LogP contribution < -0.4 is 20.3 Å². The number of nitrogens with zero attached hydrogens (tertiary/aromatic N) is 4. The first-order valence-electron chi connectivity index (χ1n) is 10.7. The van der Waals surface area contributed by atoms with Crippen LogP contribution in [0.1, 0.15) is 18.9 Å². The number of halogens is 1. The van der Waals surface area contributed by atoms with Crippen LogP contribution in [-0.4, -0.2) is 53.6 Å². The third-order valence-corrected chi connectivity index (χ3v) is 6.74. The third-order valence-electron chi connectivity index (χ3n) is 5.18. The molecular weight excluding hydrogens is 495 g/mol. The van der Waals surface area contributed by atoms with Gasteiger partial charge < -0.3 is 15.2 Å². The Morgan fingerprint density at radius 3 is 2.75 bits per heavy atom. The normalized spacial score (nSPS) is 11.3. The maximum atomic E-state index is 14.7. The van der Waals surface area contributed by atoms with Gasteiger partial charge in [-0.05, 0) is 36.8 Å². The minimum absolute atomic E-state index is 0.0211. The number of amides is 1. The van der Waals surface area contributed by atoms with Crippen molar-refractivity contribution in [3.05, 3.63) is 58.4 Å². The molecule has 36 heavy (non-hydrogen) atoms. The zero-order chi connectivity index (χ0) is 26.5. The van der Waals surface area contributed by atoms with Gasteiger partial charge in [0.25, 0.3) is 5.56 Å². The van der Waals surface area contributed by atoms with E-state index in [0.29, 0.717) is 11.9 Å². The maximum absolute atomic E-state index is 14.7. The van der Waals surface area contributed by atoms with Crippen molar-refractivity contribution >= 4 is 32.9 Å². The van der Waals surface area contributed by atoms with E-state index in [9.17, 15) is 27.7 Å². The molecule has 3 N–H and O–H groups in total. The number of anilines is 1. The molecule has 0 saturated carbocycles. The molecule has 3 aromatic rings. The van der Waals surface area contributed by atoms with Crippen molar-refractivity contribution in [2.75, 3.05) is 24.9 Å². The van der Waals surface area contributed by atoms with Crippen LogP contribution in [0, 0.1) is 17.1 Å². The van der Waals surface area contributed by atoms with Crippen LogP contribution >= 0.6 is 0 Å². The van der Waals surface area contributed by atoms with Crippen molar-refractivity contribution in [2.24, 2.45) is 0 Å². The Morgan fingerprint density at radius 2 is 2.08 bits per heavy atom. The minimum Gasteiger partial charge on any atom is -0.465 e. The summed E-state index contributed by atoms with van der Waals surface area (Å²) in [6.45, 7) is 2.14. The zero-order valence-corrected chi connectivity index (χ0v) is 20.2. The number of ether oxygens (including phenoxy) is 1. The minimum atomic E-state index is -3.99. The molecule has 0 unspecified atom stereocenters. The summed E-state index contributed by atoms with van der Waals surface area (Å²) >= 11 is 0. The summed E-state index contributed by atoms with van der Waals surface area (Å²) in [5.41, 5.74) is -0.630. The average molecular weight is 519 g/mol. The summed E-state index contributed by atoms with van der Waals surface area (Å²) in [6, 6.07) is 8.08. The fourth-order valence-corrected chi connectivity index (χ4v) is 4.11. The Hall–Kier alpha value is -4.22. The quantitative estimate of drug-likeness (QED) is 0.344. The lowest BCUT2D eigenvalue weighted by Gasteiger charge is -2.18.